The third-order valence-corrected chi connectivity index (χ3v) is 5.98. The number of fused-ring (bicyclic) bond motifs is 1. The van der Waals surface area contributed by atoms with Gasteiger partial charge in [-0.05, 0) is 48.9 Å². The molecule has 0 radical (unpaired) electrons. The maximum atomic E-state index is 12.6. The molecule has 28 heavy (non-hydrogen) atoms. The first-order chi connectivity index (χ1) is 13.5. The number of aryl methyl sites for hydroxylation is 1. The van der Waals surface area contributed by atoms with Crippen LogP contribution < -0.4 is 4.72 Å². The molecule has 4 rings (SSSR count). The lowest BCUT2D eigenvalue weighted by atomic mass is 10.2. The first-order valence-electron chi connectivity index (χ1n) is 8.96. The van der Waals surface area contributed by atoms with E-state index in [0.29, 0.717) is 6.54 Å². The molecule has 0 bridgehead atoms. The molecule has 0 aliphatic heterocycles. The van der Waals surface area contributed by atoms with Crippen molar-refractivity contribution in [1.29, 1.82) is 0 Å². The van der Waals surface area contributed by atoms with Gasteiger partial charge in [-0.15, -0.1) is 0 Å². The summed E-state index contributed by atoms with van der Waals surface area (Å²) in [6.45, 7) is 2.59. The average Bonchev–Trinajstić information content (AvgIpc) is 3.07. The summed E-state index contributed by atoms with van der Waals surface area (Å²) in [7, 11) is -3.56. The standard InChI is InChI=1S/C21H20N4O2S/c1-16-5-4-6-18(15-16)28(26,27)23-13-14-25-20-8-3-2-7-19(20)24-21(25)17-9-11-22-12-10-17/h2-12,15,23H,13-14H2,1H3. The fourth-order valence-corrected chi connectivity index (χ4v) is 4.31. The normalized spacial score (nSPS) is 11.8. The highest BCUT2D eigenvalue weighted by atomic mass is 32.2. The number of hydrogen-bond acceptors (Lipinski definition) is 4. The second-order valence-corrected chi connectivity index (χ2v) is 8.29. The van der Waals surface area contributed by atoms with Crippen LogP contribution in [0.1, 0.15) is 5.56 Å². The van der Waals surface area contributed by atoms with E-state index in [1.165, 1.54) is 0 Å². The van der Waals surface area contributed by atoms with E-state index in [0.717, 1.165) is 28.0 Å². The van der Waals surface area contributed by atoms with Crippen molar-refractivity contribution < 1.29 is 8.42 Å². The van der Waals surface area contributed by atoms with E-state index >= 15 is 0 Å². The van der Waals surface area contributed by atoms with Gasteiger partial charge in [-0.2, -0.15) is 0 Å². The Morgan fingerprint density at radius 3 is 2.57 bits per heavy atom. The highest BCUT2D eigenvalue weighted by Gasteiger charge is 2.16. The SMILES string of the molecule is Cc1cccc(S(=O)(=O)NCCn2c(-c3ccncc3)nc3ccccc32)c1. The molecule has 0 atom stereocenters. The number of aromatic nitrogens is 3. The Balaban J connectivity index is 1.61. The van der Waals surface area contributed by atoms with Crippen LogP contribution in [-0.4, -0.2) is 29.5 Å². The molecule has 0 saturated carbocycles. The largest absolute Gasteiger partial charge is 0.323 e. The van der Waals surface area contributed by atoms with Crippen molar-refractivity contribution in [3.63, 3.8) is 0 Å². The minimum Gasteiger partial charge on any atom is -0.323 e. The lowest BCUT2D eigenvalue weighted by Crippen LogP contribution is -2.27. The van der Waals surface area contributed by atoms with Crippen molar-refractivity contribution in [2.75, 3.05) is 6.54 Å². The Hall–Kier alpha value is -3.03. The number of benzene rings is 2. The van der Waals surface area contributed by atoms with Gasteiger partial charge in [0.1, 0.15) is 5.82 Å². The van der Waals surface area contributed by atoms with Gasteiger partial charge in [0.25, 0.3) is 0 Å². The zero-order chi connectivity index (χ0) is 19.6. The Labute approximate surface area is 163 Å². The van der Waals surface area contributed by atoms with Gasteiger partial charge in [0.2, 0.25) is 10.0 Å². The lowest BCUT2D eigenvalue weighted by molar-refractivity contribution is 0.574. The maximum absolute atomic E-state index is 12.6. The molecule has 2 aromatic carbocycles. The van der Waals surface area contributed by atoms with Crippen LogP contribution in [0.15, 0.2) is 78.0 Å². The van der Waals surface area contributed by atoms with Gasteiger partial charge in [0, 0.05) is 31.0 Å². The lowest BCUT2D eigenvalue weighted by Gasteiger charge is -2.11. The van der Waals surface area contributed by atoms with Gasteiger partial charge in [-0.25, -0.2) is 18.1 Å². The summed E-state index contributed by atoms with van der Waals surface area (Å²) >= 11 is 0. The molecular weight excluding hydrogens is 372 g/mol. The summed E-state index contributed by atoms with van der Waals surface area (Å²) in [5, 5.41) is 0. The molecule has 0 fully saturated rings. The van der Waals surface area contributed by atoms with Crippen molar-refractivity contribution >= 4 is 21.1 Å². The minimum atomic E-state index is -3.56. The van der Waals surface area contributed by atoms with Gasteiger partial charge in [0.05, 0.1) is 15.9 Å². The van der Waals surface area contributed by atoms with Crippen molar-refractivity contribution in [1.82, 2.24) is 19.3 Å². The number of rotatable bonds is 6. The smallest absolute Gasteiger partial charge is 0.240 e. The summed E-state index contributed by atoms with van der Waals surface area (Å²) in [5.74, 6) is 0.790. The number of nitrogens with zero attached hydrogens (tertiary/aromatic N) is 3. The Kier molecular flexibility index (Phi) is 4.93. The summed E-state index contributed by atoms with van der Waals surface area (Å²) in [4.78, 5) is 9.06. The number of nitrogens with one attached hydrogen (secondary N) is 1. The van der Waals surface area contributed by atoms with E-state index in [-0.39, 0.29) is 11.4 Å². The van der Waals surface area contributed by atoms with Gasteiger partial charge < -0.3 is 4.57 Å². The van der Waals surface area contributed by atoms with E-state index < -0.39 is 10.0 Å². The third kappa shape index (κ3) is 3.67. The summed E-state index contributed by atoms with van der Waals surface area (Å²) in [6, 6.07) is 18.5. The molecule has 2 heterocycles. The number of hydrogen-bond donors (Lipinski definition) is 1. The van der Waals surface area contributed by atoms with Gasteiger partial charge in [-0.3, -0.25) is 4.98 Å². The first-order valence-corrected chi connectivity index (χ1v) is 10.4. The molecule has 7 heteroatoms. The molecule has 0 amide bonds. The van der Waals surface area contributed by atoms with Crippen molar-refractivity contribution in [3.05, 3.63) is 78.6 Å². The summed E-state index contributed by atoms with van der Waals surface area (Å²) in [6.07, 6.45) is 3.44. The number of imidazole rings is 1. The third-order valence-electron chi connectivity index (χ3n) is 4.52. The topological polar surface area (TPSA) is 76.9 Å². The second kappa shape index (κ2) is 7.53. The molecule has 142 valence electrons. The van der Waals surface area contributed by atoms with Crippen molar-refractivity contribution in [2.45, 2.75) is 18.4 Å². The van der Waals surface area contributed by atoms with Crippen LogP contribution in [-0.2, 0) is 16.6 Å². The Bertz CT molecular complexity index is 1220. The van der Waals surface area contributed by atoms with Crippen LogP contribution in [0.4, 0.5) is 0 Å². The Morgan fingerprint density at radius 2 is 1.79 bits per heavy atom. The number of para-hydroxylation sites is 2. The monoisotopic (exact) mass is 392 g/mol. The summed E-state index contributed by atoms with van der Waals surface area (Å²) < 4.78 is 29.9. The van der Waals surface area contributed by atoms with Crippen LogP contribution in [0.5, 0.6) is 0 Å². The Morgan fingerprint density at radius 1 is 1.00 bits per heavy atom. The van der Waals surface area contributed by atoms with Crippen LogP contribution in [0.25, 0.3) is 22.4 Å². The van der Waals surface area contributed by atoms with Crippen LogP contribution in [0, 0.1) is 6.92 Å². The molecule has 0 aliphatic rings. The zero-order valence-corrected chi connectivity index (χ0v) is 16.2. The van der Waals surface area contributed by atoms with E-state index in [1.54, 1.807) is 30.6 Å². The molecule has 2 aromatic heterocycles. The van der Waals surface area contributed by atoms with E-state index in [4.69, 9.17) is 4.98 Å². The van der Waals surface area contributed by atoms with Crippen LogP contribution >= 0.6 is 0 Å². The number of pyridine rings is 1. The fraction of sp³-hybridized carbons (Fsp3) is 0.143. The van der Waals surface area contributed by atoms with Crippen LogP contribution in [0.2, 0.25) is 0 Å². The zero-order valence-electron chi connectivity index (χ0n) is 15.4. The highest BCUT2D eigenvalue weighted by Crippen LogP contribution is 2.24. The van der Waals surface area contributed by atoms with E-state index in [1.807, 2.05) is 54.0 Å². The van der Waals surface area contributed by atoms with E-state index in [9.17, 15) is 8.42 Å². The predicted octanol–water partition coefficient (Wildman–Crippen LogP) is 3.39. The second-order valence-electron chi connectivity index (χ2n) is 6.53. The predicted molar refractivity (Wildman–Crippen MR) is 109 cm³/mol. The van der Waals surface area contributed by atoms with Crippen molar-refractivity contribution in [2.24, 2.45) is 0 Å². The summed E-state index contributed by atoms with van der Waals surface area (Å²) in [5.41, 5.74) is 3.68. The van der Waals surface area contributed by atoms with Crippen molar-refractivity contribution in [3.8, 4) is 11.4 Å². The van der Waals surface area contributed by atoms with Gasteiger partial charge >= 0.3 is 0 Å². The van der Waals surface area contributed by atoms with Gasteiger partial charge in [-0.1, -0.05) is 24.3 Å². The first kappa shape index (κ1) is 18.3. The minimum absolute atomic E-state index is 0.259. The number of sulfonamides is 1. The maximum Gasteiger partial charge on any atom is 0.240 e. The highest BCUT2D eigenvalue weighted by molar-refractivity contribution is 7.89. The molecule has 0 unspecified atom stereocenters. The molecule has 4 aromatic rings. The molecule has 6 nitrogen and oxygen atoms in total. The molecule has 0 saturated heterocycles. The van der Waals surface area contributed by atoms with E-state index in [2.05, 4.69) is 9.71 Å². The van der Waals surface area contributed by atoms with Crippen LogP contribution in [0.3, 0.4) is 0 Å². The molecule has 1 N–H and O–H groups in total. The quantitative estimate of drug-likeness (QED) is 0.546. The molecule has 0 spiro atoms. The molecule has 0 aliphatic carbocycles. The fourth-order valence-electron chi connectivity index (χ4n) is 3.18. The van der Waals surface area contributed by atoms with Gasteiger partial charge in [0.15, 0.2) is 0 Å². The molecular formula is C21H20N4O2S. The average molecular weight is 392 g/mol.